The minimum Gasteiger partial charge on any atom is -0.364 e. The summed E-state index contributed by atoms with van der Waals surface area (Å²) in [6.45, 7) is 4.08. The van der Waals surface area contributed by atoms with Crippen LogP contribution in [0.25, 0.3) is 21.9 Å². The summed E-state index contributed by atoms with van der Waals surface area (Å²) in [7, 11) is 0. The number of anilines is 3. The van der Waals surface area contributed by atoms with Crippen molar-refractivity contribution in [3.05, 3.63) is 71.8 Å². The molecule has 4 N–H and O–H groups in total. The van der Waals surface area contributed by atoms with E-state index in [2.05, 4.69) is 77.7 Å². The van der Waals surface area contributed by atoms with Crippen LogP contribution < -0.4 is 21.3 Å². The molecule has 4 fully saturated rings. The Balaban J connectivity index is 0.808. The van der Waals surface area contributed by atoms with Gasteiger partial charge < -0.3 is 29.9 Å². The van der Waals surface area contributed by atoms with Gasteiger partial charge in [0.1, 0.15) is 11.5 Å². The van der Waals surface area contributed by atoms with Crippen molar-refractivity contribution in [2.75, 3.05) is 36.4 Å². The van der Waals surface area contributed by atoms with Crippen LogP contribution in [0, 0.1) is 0 Å². The summed E-state index contributed by atoms with van der Waals surface area (Å²) < 4.78 is 8.07. The normalized spacial score (nSPS) is 23.2. The summed E-state index contributed by atoms with van der Waals surface area (Å²) in [5.74, 6) is 0.0731. The minimum atomic E-state index is -0.596. The van der Waals surface area contributed by atoms with Gasteiger partial charge in [-0.05, 0) is 119 Å². The Morgan fingerprint density at radius 3 is 2.37 bits per heavy atom. The van der Waals surface area contributed by atoms with E-state index in [0.717, 1.165) is 92.5 Å². The Kier molecular flexibility index (Phi) is 9.26. The molecule has 0 radical (unpaired) electrons. The third-order valence-electron chi connectivity index (χ3n) is 12.4. The third kappa shape index (κ3) is 6.59. The van der Waals surface area contributed by atoms with Crippen molar-refractivity contribution in [3.63, 3.8) is 0 Å². The number of primary amides is 1. The van der Waals surface area contributed by atoms with Gasteiger partial charge in [-0.25, -0.2) is 9.97 Å². The molecule has 1 aliphatic carbocycles. The maximum absolute atomic E-state index is 12.7. The molecule has 1 saturated carbocycles. The number of carbonyl (C=O) groups is 3. The molecular formula is C41H47N9O4. The van der Waals surface area contributed by atoms with Crippen molar-refractivity contribution >= 4 is 56.9 Å². The quantitative estimate of drug-likeness (QED) is 0.155. The molecule has 3 amide bonds. The summed E-state index contributed by atoms with van der Waals surface area (Å²) in [4.78, 5) is 50.7. The molecule has 1 unspecified atom stereocenters. The number of nitrogens with zero attached hydrogens (tertiary/aromatic N) is 6. The van der Waals surface area contributed by atoms with Gasteiger partial charge in [0.25, 0.3) is 5.91 Å². The molecule has 280 valence electrons. The van der Waals surface area contributed by atoms with Gasteiger partial charge in [0.05, 0.1) is 17.5 Å². The summed E-state index contributed by atoms with van der Waals surface area (Å²) >= 11 is 0. The predicted molar refractivity (Wildman–Crippen MR) is 206 cm³/mol. The first-order valence-corrected chi connectivity index (χ1v) is 19.6. The largest absolute Gasteiger partial charge is 0.364 e. The number of rotatable bonds is 8. The van der Waals surface area contributed by atoms with Crippen LogP contribution in [0.4, 0.5) is 17.3 Å². The maximum atomic E-state index is 12.7. The molecule has 9 rings (SSSR count). The molecule has 3 saturated heterocycles. The molecule has 1 atom stereocenters. The van der Waals surface area contributed by atoms with Gasteiger partial charge in [-0.2, -0.15) is 0 Å². The van der Waals surface area contributed by atoms with E-state index < -0.39 is 11.8 Å². The molecule has 4 aliphatic rings. The van der Waals surface area contributed by atoms with E-state index in [1.54, 1.807) is 6.20 Å². The molecule has 0 spiro atoms. The minimum absolute atomic E-state index is 0.150. The predicted octanol–water partition coefficient (Wildman–Crippen LogP) is 6.29. The lowest BCUT2D eigenvalue weighted by atomic mass is 9.85. The van der Waals surface area contributed by atoms with Crippen LogP contribution in [-0.2, 0) is 9.59 Å². The smallest absolute Gasteiger partial charge is 0.271 e. The molecule has 13 heteroatoms. The van der Waals surface area contributed by atoms with E-state index in [0.29, 0.717) is 47.9 Å². The molecule has 6 heterocycles. The van der Waals surface area contributed by atoms with E-state index >= 15 is 0 Å². The van der Waals surface area contributed by atoms with Crippen molar-refractivity contribution < 1.29 is 18.9 Å². The fourth-order valence-electron chi connectivity index (χ4n) is 9.41. The molecule has 3 aliphatic heterocycles. The standard InChI is InChI=1S/C41H47N9O4/c42-39(52)38-40(45-34(24-43-38)49-19-2-1-3-20-49)44-27-6-4-25(5-7-27)26-16-21-48(22-17-26)28-8-10-29(11-9-28)50-23-18-30-32(50)13-14-33-36(30)37(47-54-33)31-12-15-35(51)46-41(31)53/h4-7,13-14,18,23-24,26,28-29,31H,1-3,8-12,15-17,19-22H2,(H2,42,52)(H,44,45)(H,46,51,53). The fourth-order valence-corrected chi connectivity index (χ4v) is 9.41. The first-order valence-electron chi connectivity index (χ1n) is 19.6. The molecule has 2 aromatic carbocycles. The Labute approximate surface area is 313 Å². The number of carbonyl (C=O) groups excluding carboxylic acids is 3. The lowest BCUT2D eigenvalue weighted by Gasteiger charge is -2.41. The monoisotopic (exact) mass is 729 g/mol. The van der Waals surface area contributed by atoms with E-state index in [9.17, 15) is 14.4 Å². The molecule has 54 heavy (non-hydrogen) atoms. The van der Waals surface area contributed by atoms with Crippen LogP contribution in [-0.4, -0.2) is 74.5 Å². The number of amides is 3. The second kappa shape index (κ2) is 14.5. The Morgan fingerprint density at radius 2 is 1.63 bits per heavy atom. The number of nitrogens with two attached hydrogens (primary N) is 1. The number of piperidine rings is 3. The number of hydrogen-bond donors (Lipinski definition) is 3. The van der Waals surface area contributed by atoms with Crippen molar-refractivity contribution in [3.8, 4) is 0 Å². The summed E-state index contributed by atoms with van der Waals surface area (Å²) in [6, 6.07) is 15.7. The van der Waals surface area contributed by atoms with Crippen LogP contribution in [0.1, 0.15) is 110 Å². The summed E-state index contributed by atoms with van der Waals surface area (Å²) in [5, 5.41) is 12.0. The van der Waals surface area contributed by atoms with Crippen LogP contribution in [0.5, 0.6) is 0 Å². The average Bonchev–Trinajstić information content (AvgIpc) is 3.83. The number of benzene rings is 2. The maximum Gasteiger partial charge on any atom is 0.271 e. The van der Waals surface area contributed by atoms with Gasteiger partial charge in [0, 0.05) is 54.4 Å². The highest BCUT2D eigenvalue weighted by atomic mass is 16.5. The van der Waals surface area contributed by atoms with Crippen LogP contribution in [0.15, 0.2) is 59.4 Å². The Hall–Kier alpha value is -5.30. The number of fused-ring (bicyclic) bond motifs is 3. The SMILES string of the molecule is NC(=O)c1ncc(N2CCCCC2)nc1Nc1ccc(C2CCN(C3CCC(n4ccc5c6c(C7CCC(=O)NC7=O)noc6ccc54)CC3)CC2)cc1. The second-order valence-corrected chi connectivity index (χ2v) is 15.5. The Morgan fingerprint density at radius 1 is 0.870 bits per heavy atom. The number of nitrogens with one attached hydrogen (secondary N) is 2. The van der Waals surface area contributed by atoms with E-state index in [1.807, 2.05) is 6.07 Å². The lowest BCUT2D eigenvalue weighted by molar-refractivity contribution is -0.134. The summed E-state index contributed by atoms with van der Waals surface area (Å²) in [5.41, 5.74) is 10.4. The van der Waals surface area contributed by atoms with Crippen molar-refractivity contribution in [2.45, 2.75) is 94.5 Å². The average molecular weight is 730 g/mol. The first-order chi connectivity index (χ1) is 26.4. The molecule has 0 bridgehead atoms. The van der Waals surface area contributed by atoms with Crippen molar-refractivity contribution in [1.82, 2.24) is 29.9 Å². The van der Waals surface area contributed by atoms with Gasteiger partial charge in [-0.3, -0.25) is 19.7 Å². The number of aromatic nitrogens is 4. The van der Waals surface area contributed by atoms with E-state index in [4.69, 9.17) is 15.2 Å². The van der Waals surface area contributed by atoms with Crippen LogP contribution in [0.3, 0.4) is 0 Å². The van der Waals surface area contributed by atoms with Crippen molar-refractivity contribution in [2.24, 2.45) is 5.73 Å². The molecule has 3 aromatic heterocycles. The van der Waals surface area contributed by atoms with Gasteiger partial charge in [0.2, 0.25) is 11.8 Å². The number of likely N-dealkylation sites (tertiary alicyclic amines) is 1. The van der Waals surface area contributed by atoms with Gasteiger partial charge in [-0.15, -0.1) is 0 Å². The highest BCUT2D eigenvalue weighted by Gasteiger charge is 2.34. The fraction of sp³-hybridized carbons (Fsp3) is 0.463. The van der Waals surface area contributed by atoms with Gasteiger partial charge in [0.15, 0.2) is 17.1 Å². The van der Waals surface area contributed by atoms with Gasteiger partial charge >= 0.3 is 0 Å². The van der Waals surface area contributed by atoms with E-state index in [1.165, 1.54) is 24.8 Å². The third-order valence-corrected chi connectivity index (χ3v) is 12.4. The first kappa shape index (κ1) is 34.5. The number of hydrogen-bond acceptors (Lipinski definition) is 10. The highest BCUT2D eigenvalue weighted by molar-refractivity contribution is 6.09. The zero-order chi connectivity index (χ0) is 36.8. The number of imide groups is 1. The molecule has 13 nitrogen and oxygen atoms in total. The highest BCUT2D eigenvalue weighted by Crippen LogP contribution is 2.40. The van der Waals surface area contributed by atoms with Gasteiger partial charge in [-0.1, -0.05) is 17.3 Å². The lowest BCUT2D eigenvalue weighted by Crippen LogP contribution is -2.42. The van der Waals surface area contributed by atoms with Crippen LogP contribution >= 0.6 is 0 Å². The van der Waals surface area contributed by atoms with Crippen molar-refractivity contribution in [1.29, 1.82) is 0 Å². The molecular weight excluding hydrogens is 683 g/mol. The zero-order valence-electron chi connectivity index (χ0n) is 30.5. The second-order valence-electron chi connectivity index (χ2n) is 15.5. The topological polar surface area (TPSA) is 165 Å². The zero-order valence-corrected chi connectivity index (χ0v) is 30.5. The Bertz CT molecular complexity index is 2190. The molecule has 5 aromatic rings. The van der Waals surface area contributed by atoms with Crippen LogP contribution in [0.2, 0.25) is 0 Å². The summed E-state index contributed by atoms with van der Waals surface area (Å²) in [6.07, 6.45) is 14.9. The van der Waals surface area contributed by atoms with E-state index in [-0.39, 0.29) is 17.5 Å².